The maximum Gasteiger partial charge on any atom is 0.122 e. The van der Waals surface area contributed by atoms with Crippen LogP contribution in [0.15, 0.2) is 24.3 Å². The van der Waals surface area contributed by atoms with Crippen LogP contribution in [0, 0.1) is 11.8 Å². The molecule has 102 valence electrons. The first-order chi connectivity index (χ1) is 8.63. The number of rotatable bonds is 8. The van der Waals surface area contributed by atoms with Crippen molar-refractivity contribution in [2.75, 3.05) is 19.7 Å². The molecule has 0 aliphatic carbocycles. The van der Waals surface area contributed by atoms with E-state index in [9.17, 15) is 0 Å². The molecule has 1 N–H and O–H groups in total. The van der Waals surface area contributed by atoms with Crippen LogP contribution >= 0.6 is 0 Å². The molecule has 1 aromatic carbocycles. The van der Waals surface area contributed by atoms with E-state index in [1.807, 2.05) is 13.0 Å². The monoisotopic (exact) mass is 249 g/mol. The van der Waals surface area contributed by atoms with Gasteiger partial charge in [-0.15, -0.1) is 0 Å². The summed E-state index contributed by atoms with van der Waals surface area (Å²) in [6.07, 6.45) is 1.07. The van der Waals surface area contributed by atoms with Crippen molar-refractivity contribution in [3.63, 3.8) is 0 Å². The van der Waals surface area contributed by atoms with Crippen molar-refractivity contribution in [1.82, 2.24) is 5.32 Å². The fourth-order valence-corrected chi connectivity index (χ4v) is 2.03. The van der Waals surface area contributed by atoms with Gasteiger partial charge in [-0.25, -0.2) is 0 Å². The van der Waals surface area contributed by atoms with Gasteiger partial charge in [-0.3, -0.25) is 0 Å². The predicted octanol–water partition coefficient (Wildman–Crippen LogP) is 3.51. The average Bonchev–Trinajstić information content (AvgIpc) is 2.31. The molecule has 18 heavy (non-hydrogen) atoms. The van der Waals surface area contributed by atoms with Gasteiger partial charge in [0.25, 0.3) is 0 Å². The molecule has 1 unspecified atom stereocenters. The Bertz CT molecular complexity index is 336. The summed E-state index contributed by atoms with van der Waals surface area (Å²) >= 11 is 0. The lowest BCUT2D eigenvalue weighted by atomic mass is 10.00. The van der Waals surface area contributed by atoms with Crippen LogP contribution in [-0.4, -0.2) is 19.7 Å². The Morgan fingerprint density at radius 2 is 1.83 bits per heavy atom. The molecule has 1 aromatic rings. The molecule has 0 heterocycles. The van der Waals surface area contributed by atoms with Gasteiger partial charge in [0.05, 0.1) is 6.61 Å². The van der Waals surface area contributed by atoms with Crippen molar-refractivity contribution in [3.8, 4) is 5.75 Å². The quantitative estimate of drug-likeness (QED) is 0.761. The predicted molar refractivity (Wildman–Crippen MR) is 78.2 cm³/mol. The third-order valence-electron chi connectivity index (χ3n) is 2.89. The normalized spacial score (nSPS) is 12.7. The zero-order valence-electron chi connectivity index (χ0n) is 12.2. The molecular weight excluding hydrogens is 222 g/mol. The summed E-state index contributed by atoms with van der Waals surface area (Å²) in [7, 11) is 0. The number of nitrogens with one attached hydrogen (secondary N) is 1. The molecule has 0 fully saturated rings. The van der Waals surface area contributed by atoms with E-state index in [1.165, 1.54) is 5.56 Å². The van der Waals surface area contributed by atoms with Crippen LogP contribution in [0.5, 0.6) is 5.75 Å². The minimum atomic E-state index is 0.630. The Balaban J connectivity index is 2.45. The van der Waals surface area contributed by atoms with E-state index in [1.54, 1.807) is 0 Å². The van der Waals surface area contributed by atoms with Gasteiger partial charge in [0.15, 0.2) is 0 Å². The summed E-state index contributed by atoms with van der Waals surface area (Å²) in [6, 6.07) is 8.36. The van der Waals surface area contributed by atoms with Crippen molar-refractivity contribution in [3.05, 3.63) is 29.8 Å². The Morgan fingerprint density at radius 3 is 2.50 bits per heavy atom. The van der Waals surface area contributed by atoms with Crippen LogP contribution in [0.4, 0.5) is 0 Å². The lowest BCUT2D eigenvalue weighted by Crippen LogP contribution is -2.26. The number of hydrogen-bond donors (Lipinski definition) is 1. The minimum Gasteiger partial charge on any atom is -0.494 e. The van der Waals surface area contributed by atoms with Crippen molar-refractivity contribution in [2.45, 2.75) is 34.1 Å². The highest BCUT2D eigenvalue weighted by atomic mass is 16.5. The Labute approximate surface area is 112 Å². The van der Waals surface area contributed by atoms with Crippen LogP contribution < -0.4 is 10.1 Å². The maximum atomic E-state index is 5.66. The van der Waals surface area contributed by atoms with Gasteiger partial charge in [-0.1, -0.05) is 39.0 Å². The summed E-state index contributed by atoms with van der Waals surface area (Å²) in [4.78, 5) is 0. The zero-order valence-corrected chi connectivity index (χ0v) is 12.2. The van der Waals surface area contributed by atoms with E-state index in [2.05, 4.69) is 44.3 Å². The molecular formula is C16H27NO. The highest BCUT2D eigenvalue weighted by Crippen LogP contribution is 2.21. The smallest absolute Gasteiger partial charge is 0.122 e. The van der Waals surface area contributed by atoms with Gasteiger partial charge < -0.3 is 10.1 Å². The summed E-state index contributed by atoms with van der Waals surface area (Å²) in [6.45, 7) is 11.7. The lowest BCUT2D eigenvalue weighted by molar-refractivity contribution is 0.334. The molecule has 1 rings (SSSR count). The van der Waals surface area contributed by atoms with Crippen LogP contribution in [0.1, 0.15) is 33.3 Å². The first kappa shape index (κ1) is 15.0. The molecule has 0 bridgehead atoms. The lowest BCUT2D eigenvalue weighted by Gasteiger charge is -2.16. The zero-order chi connectivity index (χ0) is 13.4. The van der Waals surface area contributed by atoms with Crippen LogP contribution in [0.25, 0.3) is 0 Å². The SMILES string of the molecule is CCOc1ccccc1CC(C)CNCC(C)C. The summed E-state index contributed by atoms with van der Waals surface area (Å²) in [5, 5.41) is 3.52. The molecule has 0 radical (unpaired) electrons. The summed E-state index contributed by atoms with van der Waals surface area (Å²) in [5.74, 6) is 2.38. The van der Waals surface area contributed by atoms with E-state index < -0.39 is 0 Å². The molecule has 1 atom stereocenters. The van der Waals surface area contributed by atoms with Crippen molar-refractivity contribution in [1.29, 1.82) is 0 Å². The fourth-order valence-electron chi connectivity index (χ4n) is 2.03. The Hall–Kier alpha value is -1.02. The van der Waals surface area contributed by atoms with E-state index in [0.29, 0.717) is 11.8 Å². The van der Waals surface area contributed by atoms with Gasteiger partial charge in [0, 0.05) is 0 Å². The summed E-state index contributed by atoms with van der Waals surface area (Å²) < 4.78 is 5.66. The Morgan fingerprint density at radius 1 is 1.11 bits per heavy atom. The minimum absolute atomic E-state index is 0.630. The molecule has 2 nitrogen and oxygen atoms in total. The third kappa shape index (κ3) is 5.54. The highest BCUT2D eigenvalue weighted by molar-refractivity contribution is 5.33. The number of hydrogen-bond acceptors (Lipinski definition) is 2. The third-order valence-corrected chi connectivity index (χ3v) is 2.89. The van der Waals surface area contributed by atoms with Gasteiger partial charge >= 0.3 is 0 Å². The summed E-state index contributed by atoms with van der Waals surface area (Å²) in [5.41, 5.74) is 1.32. The van der Waals surface area contributed by atoms with E-state index >= 15 is 0 Å². The standard InChI is InChI=1S/C16H27NO/c1-5-18-16-9-7-6-8-15(16)10-14(4)12-17-11-13(2)3/h6-9,13-14,17H,5,10-12H2,1-4H3. The molecule has 0 saturated heterocycles. The highest BCUT2D eigenvalue weighted by Gasteiger charge is 2.08. The maximum absolute atomic E-state index is 5.66. The van der Waals surface area contributed by atoms with E-state index in [-0.39, 0.29) is 0 Å². The molecule has 0 amide bonds. The first-order valence-corrected chi connectivity index (χ1v) is 7.04. The second kappa shape index (κ2) is 8.15. The number of benzene rings is 1. The van der Waals surface area contributed by atoms with Gasteiger partial charge in [0.2, 0.25) is 0 Å². The molecule has 0 spiro atoms. The number of para-hydroxylation sites is 1. The van der Waals surface area contributed by atoms with Crippen LogP contribution in [0.2, 0.25) is 0 Å². The van der Waals surface area contributed by atoms with Crippen molar-refractivity contribution >= 4 is 0 Å². The molecule has 0 aromatic heterocycles. The van der Waals surface area contributed by atoms with Gasteiger partial charge in [-0.2, -0.15) is 0 Å². The van der Waals surface area contributed by atoms with Gasteiger partial charge in [-0.05, 0) is 49.9 Å². The van der Waals surface area contributed by atoms with Crippen molar-refractivity contribution < 1.29 is 4.74 Å². The van der Waals surface area contributed by atoms with Crippen LogP contribution in [-0.2, 0) is 6.42 Å². The average molecular weight is 249 g/mol. The van der Waals surface area contributed by atoms with Gasteiger partial charge in [0.1, 0.15) is 5.75 Å². The number of ether oxygens (including phenoxy) is 1. The largest absolute Gasteiger partial charge is 0.494 e. The van der Waals surface area contributed by atoms with Crippen LogP contribution in [0.3, 0.4) is 0 Å². The molecule has 2 heteroatoms. The topological polar surface area (TPSA) is 21.3 Å². The first-order valence-electron chi connectivity index (χ1n) is 7.04. The molecule has 0 aliphatic rings. The molecule has 0 aliphatic heterocycles. The van der Waals surface area contributed by atoms with E-state index in [0.717, 1.165) is 31.9 Å². The van der Waals surface area contributed by atoms with Crippen molar-refractivity contribution in [2.24, 2.45) is 11.8 Å². The second-order valence-corrected chi connectivity index (χ2v) is 5.40. The second-order valence-electron chi connectivity index (χ2n) is 5.40. The fraction of sp³-hybridized carbons (Fsp3) is 0.625. The molecule has 0 saturated carbocycles. The van der Waals surface area contributed by atoms with E-state index in [4.69, 9.17) is 4.74 Å². The Kier molecular flexibility index (Phi) is 6.81.